The number of hydrogen-bond acceptors (Lipinski definition) is 5. The second-order valence-electron chi connectivity index (χ2n) is 7.66. The van der Waals surface area contributed by atoms with E-state index in [1.165, 1.54) is 17.7 Å². The van der Waals surface area contributed by atoms with Crippen molar-refractivity contribution in [1.29, 1.82) is 0 Å². The summed E-state index contributed by atoms with van der Waals surface area (Å²) in [6, 6.07) is 9.64. The van der Waals surface area contributed by atoms with E-state index in [-0.39, 0.29) is 11.7 Å². The van der Waals surface area contributed by atoms with Crippen molar-refractivity contribution in [1.82, 2.24) is 24.6 Å². The molecule has 0 aliphatic carbocycles. The van der Waals surface area contributed by atoms with Crippen LogP contribution in [-0.4, -0.2) is 56.7 Å². The van der Waals surface area contributed by atoms with Crippen molar-refractivity contribution in [3.63, 3.8) is 0 Å². The molecule has 4 rings (SSSR count). The lowest BCUT2D eigenvalue weighted by atomic mass is 10.2. The molecule has 1 fully saturated rings. The van der Waals surface area contributed by atoms with Crippen LogP contribution in [0.3, 0.4) is 0 Å². The molecule has 8 heteroatoms. The number of carbonyl (C=O) groups is 1. The third kappa shape index (κ3) is 5.27. The number of nitrogens with zero attached hydrogens (tertiary/aromatic N) is 5. The maximum absolute atomic E-state index is 13.5. The third-order valence-electron chi connectivity index (χ3n) is 5.42. The standard InChI is InChI=1S/C23H27FN6O/c1-2-30-17-18(15-26-30)16-28-10-5-11-29(13-12-28)23(31)21-8-4-9-25-22(21)27-20-7-3-6-19(24)14-20/h3-4,6-9,14-15,17H,2,5,10-13,16H2,1H3,(H,25,27). The van der Waals surface area contributed by atoms with Gasteiger partial charge in [0.25, 0.3) is 5.91 Å². The molecule has 0 radical (unpaired) electrons. The number of amides is 1. The largest absolute Gasteiger partial charge is 0.339 e. The van der Waals surface area contributed by atoms with Crippen LogP contribution >= 0.6 is 0 Å². The summed E-state index contributed by atoms with van der Waals surface area (Å²) in [7, 11) is 0. The van der Waals surface area contributed by atoms with E-state index in [1.807, 2.05) is 15.8 Å². The smallest absolute Gasteiger partial charge is 0.257 e. The van der Waals surface area contributed by atoms with E-state index in [1.54, 1.807) is 30.5 Å². The minimum absolute atomic E-state index is 0.0624. The Bertz CT molecular complexity index is 1040. The summed E-state index contributed by atoms with van der Waals surface area (Å²) in [4.78, 5) is 21.8. The van der Waals surface area contributed by atoms with Gasteiger partial charge in [0.15, 0.2) is 0 Å². The molecule has 1 N–H and O–H groups in total. The van der Waals surface area contributed by atoms with E-state index < -0.39 is 0 Å². The van der Waals surface area contributed by atoms with Crippen LogP contribution in [0, 0.1) is 5.82 Å². The quantitative estimate of drug-likeness (QED) is 0.658. The van der Waals surface area contributed by atoms with Gasteiger partial charge in [-0.3, -0.25) is 14.4 Å². The maximum Gasteiger partial charge on any atom is 0.257 e. The summed E-state index contributed by atoms with van der Waals surface area (Å²) < 4.78 is 15.5. The van der Waals surface area contributed by atoms with E-state index in [4.69, 9.17) is 0 Å². The second kappa shape index (κ2) is 9.70. The second-order valence-corrected chi connectivity index (χ2v) is 7.66. The highest BCUT2D eigenvalue weighted by molar-refractivity contribution is 5.99. The molecule has 0 atom stereocenters. The Balaban J connectivity index is 1.42. The Labute approximate surface area is 181 Å². The van der Waals surface area contributed by atoms with E-state index in [2.05, 4.69) is 33.4 Å². The fourth-order valence-electron chi connectivity index (χ4n) is 3.80. The molecular weight excluding hydrogens is 395 g/mol. The van der Waals surface area contributed by atoms with Gasteiger partial charge in [-0.15, -0.1) is 0 Å². The van der Waals surface area contributed by atoms with Crippen LogP contribution in [-0.2, 0) is 13.1 Å². The van der Waals surface area contributed by atoms with Crippen LogP contribution in [0.1, 0.15) is 29.3 Å². The first kappa shape index (κ1) is 21.0. The highest BCUT2D eigenvalue weighted by atomic mass is 19.1. The summed E-state index contributed by atoms with van der Waals surface area (Å²) in [6.45, 7) is 6.84. The fourth-order valence-corrected chi connectivity index (χ4v) is 3.80. The molecule has 1 saturated heterocycles. The van der Waals surface area contributed by atoms with Gasteiger partial charge in [-0.2, -0.15) is 5.10 Å². The van der Waals surface area contributed by atoms with Gasteiger partial charge in [0.05, 0.1) is 11.8 Å². The number of aromatic nitrogens is 3. The van der Waals surface area contributed by atoms with Gasteiger partial charge >= 0.3 is 0 Å². The predicted octanol–water partition coefficient (Wildman–Crippen LogP) is 3.53. The van der Waals surface area contributed by atoms with E-state index in [0.29, 0.717) is 30.2 Å². The lowest BCUT2D eigenvalue weighted by Gasteiger charge is -2.22. The van der Waals surface area contributed by atoms with Crippen LogP contribution in [0.15, 0.2) is 55.0 Å². The summed E-state index contributed by atoms with van der Waals surface area (Å²) in [6.07, 6.45) is 6.52. The van der Waals surface area contributed by atoms with Crippen molar-refractivity contribution >= 4 is 17.4 Å². The molecule has 0 bridgehead atoms. The molecule has 0 spiro atoms. The van der Waals surface area contributed by atoms with Gasteiger partial charge in [-0.25, -0.2) is 9.37 Å². The summed E-state index contributed by atoms with van der Waals surface area (Å²) >= 11 is 0. The van der Waals surface area contributed by atoms with Crippen LogP contribution in [0.4, 0.5) is 15.9 Å². The van der Waals surface area contributed by atoms with Gasteiger partial charge in [-0.1, -0.05) is 6.07 Å². The van der Waals surface area contributed by atoms with Gasteiger partial charge in [0.2, 0.25) is 0 Å². The number of hydrogen-bond donors (Lipinski definition) is 1. The predicted molar refractivity (Wildman–Crippen MR) is 118 cm³/mol. The Hall–Kier alpha value is -3.26. The zero-order valence-corrected chi connectivity index (χ0v) is 17.7. The lowest BCUT2D eigenvalue weighted by Crippen LogP contribution is -2.35. The average molecular weight is 423 g/mol. The van der Waals surface area contributed by atoms with Gasteiger partial charge < -0.3 is 10.2 Å². The van der Waals surface area contributed by atoms with Crippen LogP contribution in [0.5, 0.6) is 0 Å². The minimum Gasteiger partial charge on any atom is -0.339 e. The fraction of sp³-hybridized carbons (Fsp3) is 0.348. The zero-order chi connectivity index (χ0) is 21.6. The third-order valence-corrected chi connectivity index (χ3v) is 5.42. The molecule has 3 aromatic rings. The lowest BCUT2D eigenvalue weighted by molar-refractivity contribution is 0.0762. The van der Waals surface area contributed by atoms with E-state index >= 15 is 0 Å². The molecule has 7 nitrogen and oxygen atoms in total. The maximum atomic E-state index is 13.5. The highest BCUT2D eigenvalue weighted by Crippen LogP contribution is 2.21. The monoisotopic (exact) mass is 422 g/mol. The topological polar surface area (TPSA) is 66.3 Å². The van der Waals surface area contributed by atoms with Crippen molar-refractivity contribution in [2.24, 2.45) is 0 Å². The molecular formula is C23H27FN6O. The van der Waals surface area contributed by atoms with Gasteiger partial charge in [0.1, 0.15) is 11.6 Å². The molecule has 1 aliphatic rings. The minimum atomic E-state index is -0.342. The van der Waals surface area contributed by atoms with Crippen molar-refractivity contribution < 1.29 is 9.18 Å². The molecule has 31 heavy (non-hydrogen) atoms. The molecule has 0 saturated carbocycles. The molecule has 0 unspecified atom stereocenters. The summed E-state index contributed by atoms with van der Waals surface area (Å²) in [5.74, 6) is 0.0322. The van der Waals surface area contributed by atoms with Crippen LogP contribution < -0.4 is 5.32 Å². The SMILES string of the molecule is CCn1cc(CN2CCCN(C(=O)c3cccnc3Nc3cccc(F)c3)CC2)cn1. The average Bonchev–Trinajstić information content (AvgIpc) is 3.10. The Kier molecular flexibility index (Phi) is 6.57. The molecule has 1 aromatic carbocycles. The summed E-state index contributed by atoms with van der Waals surface area (Å²) in [5, 5.41) is 7.42. The highest BCUT2D eigenvalue weighted by Gasteiger charge is 2.23. The zero-order valence-electron chi connectivity index (χ0n) is 17.7. The summed E-state index contributed by atoms with van der Waals surface area (Å²) in [5.41, 5.74) is 2.24. The molecule has 2 aromatic heterocycles. The van der Waals surface area contributed by atoms with Crippen molar-refractivity contribution in [3.05, 3.63) is 71.9 Å². The first-order chi connectivity index (χ1) is 15.1. The van der Waals surface area contributed by atoms with Crippen LogP contribution in [0.2, 0.25) is 0 Å². The number of anilines is 2. The number of nitrogens with one attached hydrogen (secondary N) is 1. The number of halogens is 1. The number of aryl methyl sites for hydroxylation is 1. The number of benzene rings is 1. The van der Waals surface area contributed by atoms with E-state index in [9.17, 15) is 9.18 Å². The van der Waals surface area contributed by atoms with Gasteiger partial charge in [0, 0.05) is 62.9 Å². The molecule has 1 aliphatic heterocycles. The Morgan fingerprint density at radius 1 is 1.16 bits per heavy atom. The molecule has 1 amide bonds. The molecule has 3 heterocycles. The van der Waals surface area contributed by atoms with Crippen LogP contribution in [0.25, 0.3) is 0 Å². The number of carbonyl (C=O) groups excluding carboxylic acids is 1. The molecule has 162 valence electrons. The number of rotatable bonds is 6. The first-order valence-corrected chi connectivity index (χ1v) is 10.6. The van der Waals surface area contributed by atoms with Gasteiger partial charge in [-0.05, 0) is 43.7 Å². The van der Waals surface area contributed by atoms with Crippen molar-refractivity contribution in [2.75, 3.05) is 31.5 Å². The van der Waals surface area contributed by atoms with Crippen molar-refractivity contribution in [2.45, 2.75) is 26.4 Å². The first-order valence-electron chi connectivity index (χ1n) is 10.6. The van der Waals surface area contributed by atoms with E-state index in [0.717, 1.165) is 32.6 Å². The Morgan fingerprint density at radius 2 is 2.06 bits per heavy atom. The van der Waals surface area contributed by atoms with Crippen molar-refractivity contribution in [3.8, 4) is 0 Å². The normalized spacial score (nSPS) is 15.0. The Morgan fingerprint density at radius 3 is 2.87 bits per heavy atom. The number of pyridine rings is 1.